The highest BCUT2D eigenvalue weighted by Gasteiger charge is 2.20. The second-order valence-corrected chi connectivity index (χ2v) is 5.61. The van der Waals surface area contributed by atoms with Gasteiger partial charge in [-0.15, -0.1) is 10.2 Å². The number of rotatable bonds is 5. The van der Waals surface area contributed by atoms with Gasteiger partial charge in [0, 0.05) is 20.1 Å². The highest BCUT2D eigenvalue weighted by Crippen LogP contribution is 2.27. The van der Waals surface area contributed by atoms with Gasteiger partial charge in [-0.2, -0.15) is 0 Å². The van der Waals surface area contributed by atoms with Gasteiger partial charge in [-0.3, -0.25) is 9.36 Å². The zero-order valence-corrected chi connectivity index (χ0v) is 11.7. The van der Waals surface area contributed by atoms with Crippen LogP contribution in [0.2, 0.25) is 0 Å². The molecule has 0 aliphatic carbocycles. The molecule has 0 aliphatic rings. The number of amides is 1. The van der Waals surface area contributed by atoms with E-state index in [1.54, 1.807) is 6.92 Å². The minimum Gasteiger partial charge on any atom is -0.369 e. The SMILES string of the molecule is CC(C)n1c(S[C@H](C)C(N)=O)nnc1N(C)C. The van der Waals surface area contributed by atoms with Gasteiger partial charge in [-0.1, -0.05) is 11.8 Å². The molecule has 0 radical (unpaired) electrons. The largest absolute Gasteiger partial charge is 0.369 e. The lowest BCUT2D eigenvalue weighted by molar-refractivity contribution is -0.117. The number of anilines is 1. The summed E-state index contributed by atoms with van der Waals surface area (Å²) in [5.74, 6) is 0.430. The Labute approximate surface area is 106 Å². The van der Waals surface area contributed by atoms with E-state index in [0.29, 0.717) is 0 Å². The van der Waals surface area contributed by atoms with Gasteiger partial charge in [0.2, 0.25) is 11.9 Å². The first-order chi connectivity index (χ1) is 7.84. The highest BCUT2D eigenvalue weighted by molar-refractivity contribution is 8.00. The Morgan fingerprint density at radius 2 is 1.94 bits per heavy atom. The molecule has 1 amide bonds. The van der Waals surface area contributed by atoms with Crippen molar-refractivity contribution in [2.24, 2.45) is 5.73 Å². The molecule has 0 aliphatic heterocycles. The van der Waals surface area contributed by atoms with Crippen molar-refractivity contribution in [3.8, 4) is 0 Å². The minimum atomic E-state index is -0.347. The number of primary amides is 1. The first-order valence-electron chi connectivity index (χ1n) is 5.42. The summed E-state index contributed by atoms with van der Waals surface area (Å²) in [5, 5.41) is 8.63. The number of aromatic nitrogens is 3. The van der Waals surface area contributed by atoms with Crippen molar-refractivity contribution in [2.75, 3.05) is 19.0 Å². The molecule has 0 unspecified atom stereocenters. The van der Waals surface area contributed by atoms with Gasteiger partial charge in [0.15, 0.2) is 5.16 Å². The summed E-state index contributed by atoms with van der Waals surface area (Å²) in [7, 11) is 3.82. The van der Waals surface area contributed by atoms with E-state index in [2.05, 4.69) is 24.0 Å². The molecule has 0 saturated carbocycles. The number of nitrogens with two attached hydrogens (primary N) is 1. The van der Waals surface area contributed by atoms with Gasteiger partial charge in [0.1, 0.15) is 0 Å². The second-order valence-electron chi connectivity index (χ2n) is 4.30. The van der Waals surface area contributed by atoms with Crippen LogP contribution in [0.25, 0.3) is 0 Å². The van der Waals surface area contributed by atoms with Crippen LogP contribution in [0.15, 0.2) is 5.16 Å². The molecule has 0 aromatic carbocycles. The predicted molar refractivity (Wildman–Crippen MR) is 69.2 cm³/mol. The molecule has 0 spiro atoms. The Balaban J connectivity index is 3.04. The molecule has 0 saturated heterocycles. The van der Waals surface area contributed by atoms with Crippen LogP contribution in [0.3, 0.4) is 0 Å². The zero-order valence-electron chi connectivity index (χ0n) is 10.8. The molecular weight excluding hydrogens is 238 g/mol. The molecule has 6 nitrogen and oxygen atoms in total. The molecule has 96 valence electrons. The summed E-state index contributed by atoms with van der Waals surface area (Å²) in [6, 6.07) is 0.227. The molecule has 17 heavy (non-hydrogen) atoms. The van der Waals surface area contributed by atoms with Crippen LogP contribution in [-0.2, 0) is 4.79 Å². The van der Waals surface area contributed by atoms with E-state index in [-0.39, 0.29) is 17.2 Å². The third-order valence-electron chi connectivity index (χ3n) is 2.25. The standard InChI is InChI=1S/C10H19N5OS/c1-6(2)15-9(14(4)5)12-13-10(15)17-7(3)8(11)16/h6-7H,1-5H3,(H2,11,16)/t7-/m1/s1. The van der Waals surface area contributed by atoms with Crippen LogP contribution in [0.1, 0.15) is 26.8 Å². The lowest BCUT2D eigenvalue weighted by Gasteiger charge is -2.18. The van der Waals surface area contributed by atoms with E-state index in [4.69, 9.17) is 5.73 Å². The number of thioether (sulfide) groups is 1. The maximum atomic E-state index is 11.1. The Morgan fingerprint density at radius 3 is 2.35 bits per heavy atom. The number of nitrogens with zero attached hydrogens (tertiary/aromatic N) is 4. The van der Waals surface area contributed by atoms with Gasteiger partial charge < -0.3 is 10.6 Å². The van der Waals surface area contributed by atoms with Crippen LogP contribution in [-0.4, -0.2) is 40.0 Å². The third kappa shape index (κ3) is 3.12. The maximum Gasteiger partial charge on any atom is 0.230 e. The second kappa shape index (κ2) is 5.39. The van der Waals surface area contributed by atoms with Crippen LogP contribution < -0.4 is 10.6 Å². The van der Waals surface area contributed by atoms with Crippen molar-refractivity contribution in [3.63, 3.8) is 0 Å². The highest BCUT2D eigenvalue weighted by atomic mass is 32.2. The fourth-order valence-corrected chi connectivity index (χ4v) is 2.25. The van der Waals surface area contributed by atoms with Gasteiger partial charge in [-0.05, 0) is 20.8 Å². The van der Waals surface area contributed by atoms with E-state index in [1.807, 2.05) is 23.6 Å². The number of hydrogen-bond acceptors (Lipinski definition) is 5. The van der Waals surface area contributed by atoms with Crippen molar-refractivity contribution in [3.05, 3.63) is 0 Å². The van der Waals surface area contributed by atoms with Crippen LogP contribution in [0.5, 0.6) is 0 Å². The van der Waals surface area contributed by atoms with Crippen molar-refractivity contribution in [2.45, 2.75) is 37.2 Å². The molecule has 1 atom stereocenters. The van der Waals surface area contributed by atoms with Crippen molar-refractivity contribution >= 4 is 23.6 Å². The Hall–Kier alpha value is -1.24. The van der Waals surface area contributed by atoms with Crippen molar-refractivity contribution in [1.29, 1.82) is 0 Å². The molecule has 2 N–H and O–H groups in total. The summed E-state index contributed by atoms with van der Waals surface area (Å²) in [6.45, 7) is 5.87. The van der Waals surface area contributed by atoms with Gasteiger partial charge in [-0.25, -0.2) is 0 Å². The Kier molecular flexibility index (Phi) is 4.39. The average Bonchev–Trinajstić information content (AvgIpc) is 2.61. The molecule has 1 aromatic heterocycles. The summed E-state index contributed by atoms with van der Waals surface area (Å²) in [6.07, 6.45) is 0. The van der Waals surface area contributed by atoms with Gasteiger partial charge in [0.05, 0.1) is 5.25 Å². The lowest BCUT2D eigenvalue weighted by Crippen LogP contribution is -2.23. The Bertz CT molecular complexity index is 401. The molecule has 1 rings (SSSR count). The molecular formula is C10H19N5OS. The maximum absolute atomic E-state index is 11.1. The number of carbonyl (C=O) groups excluding carboxylic acids is 1. The van der Waals surface area contributed by atoms with E-state index in [0.717, 1.165) is 11.1 Å². The summed E-state index contributed by atoms with van der Waals surface area (Å²) >= 11 is 1.33. The first kappa shape index (κ1) is 13.8. The summed E-state index contributed by atoms with van der Waals surface area (Å²) < 4.78 is 1.99. The smallest absolute Gasteiger partial charge is 0.230 e. The van der Waals surface area contributed by atoms with Crippen LogP contribution >= 0.6 is 11.8 Å². The molecule has 7 heteroatoms. The fourth-order valence-electron chi connectivity index (χ4n) is 1.32. The first-order valence-corrected chi connectivity index (χ1v) is 6.30. The van der Waals surface area contributed by atoms with E-state index >= 15 is 0 Å². The molecule has 0 bridgehead atoms. The third-order valence-corrected chi connectivity index (χ3v) is 3.32. The lowest BCUT2D eigenvalue weighted by atomic mass is 10.4. The quantitative estimate of drug-likeness (QED) is 0.793. The average molecular weight is 257 g/mol. The van der Waals surface area contributed by atoms with Crippen LogP contribution in [0, 0.1) is 0 Å². The molecule has 1 heterocycles. The van der Waals surface area contributed by atoms with Crippen molar-refractivity contribution in [1.82, 2.24) is 14.8 Å². The topological polar surface area (TPSA) is 77.0 Å². The summed E-state index contributed by atoms with van der Waals surface area (Å²) in [4.78, 5) is 13.0. The fraction of sp³-hybridized carbons (Fsp3) is 0.700. The van der Waals surface area contributed by atoms with Gasteiger partial charge >= 0.3 is 0 Å². The zero-order chi connectivity index (χ0) is 13.2. The van der Waals surface area contributed by atoms with E-state index in [9.17, 15) is 4.79 Å². The monoisotopic (exact) mass is 257 g/mol. The Morgan fingerprint density at radius 1 is 1.35 bits per heavy atom. The molecule has 0 fully saturated rings. The molecule has 1 aromatic rings. The normalized spacial score (nSPS) is 12.8. The minimum absolute atomic E-state index is 0.227. The predicted octanol–water partition coefficient (Wildman–Crippen LogP) is 0.891. The van der Waals surface area contributed by atoms with Gasteiger partial charge in [0.25, 0.3) is 0 Å². The van der Waals surface area contributed by atoms with E-state index < -0.39 is 0 Å². The van der Waals surface area contributed by atoms with E-state index in [1.165, 1.54) is 11.8 Å². The number of carbonyl (C=O) groups is 1. The number of hydrogen-bond donors (Lipinski definition) is 1. The van der Waals surface area contributed by atoms with Crippen molar-refractivity contribution < 1.29 is 4.79 Å². The van der Waals surface area contributed by atoms with Crippen LogP contribution in [0.4, 0.5) is 5.95 Å². The summed E-state index contributed by atoms with van der Waals surface area (Å²) in [5.41, 5.74) is 5.25.